The van der Waals surface area contributed by atoms with Crippen LogP contribution in [0.5, 0.6) is 0 Å². The highest BCUT2D eigenvalue weighted by Gasteiger charge is 2.15. The summed E-state index contributed by atoms with van der Waals surface area (Å²) in [6.07, 6.45) is 5.60. The normalized spacial score (nSPS) is 15.9. The summed E-state index contributed by atoms with van der Waals surface area (Å²) in [4.78, 5) is 24.9. The zero-order valence-corrected chi connectivity index (χ0v) is 8.81. The van der Waals surface area contributed by atoms with Gasteiger partial charge in [0.2, 0.25) is 5.95 Å². The Bertz CT molecular complexity index is 571. The third-order valence-corrected chi connectivity index (χ3v) is 2.89. The van der Waals surface area contributed by atoms with Gasteiger partial charge in [-0.1, -0.05) is 0 Å². The Morgan fingerprint density at radius 1 is 1.31 bits per heavy atom. The van der Waals surface area contributed by atoms with Crippen LogP contribution in [0.4, 0.5) is 5.95 Å². The summed E-state index contributed by atoms with van der Waals surface area (Å²) in [6.45, 7) is 2.02. The predicted octanol–water partition coefficient (Wildman–Crippen LogP) is 0.918. The van der Waals surface area contributed by atoms with Crippen LogP contribution < -0.4 is 10.5 Å². The lowest BCUT2D eigenvalue weighted by Gasteiger charge is -2.14. The third-order valence-electron chi connectivity index (χ3n) is 2.89. The molecule has 0 amide bonds. The molecule has 0 atom stereocenters. The molecule has 0 aromatic carbocycles. The van der Waals surface area contributed by atoms with Crippen LogP contribution in [-0.4, -0.2) is 28.0 Å². The molecule has 1 fully saturated rings. The molecule has 0 radical (unpaired) electrons. The van der Waals surface area contributed by atoms with Gasteiger partial charge in [0, 0.05) is 25.5 Å². The highest BCUT2D eigenvalue weighted by Crippen LogP contribution is 2.16. The predicted molar refractivity (Wildman–Crippen MR) is 61.6 cm³/mol. The SMILES string of the molecule is O=c1[nH]ccc2nc(N3CCCC3)ncc12. The summed E-state index contributed by atoms with van der Waals surface area (Å²) in [5.74, 6) is 0.732. The number of pyridine rings is 1. The third kappa shape index (κ3) is 1.44. The van der Waals surface area contributed by atoms with Crippen molar-refractivity contribution in [1.29, 1.82) is 0 Å². The molecular formula is C11H12N4O. The fourth-order valence-corrected chi connectivity index (χ4v) is 2.03. The van der Waals surface area contributed by atoms with Crippen molar-refractivity contribution in [3.05, 3.63) is 28.8 Å². The van der Waals surface area contributed by atoms with Crippen LogP contribution in [0, 0.1) is 0 Å². The second kappa shape index (κ2) is 3.59. The van der Waals surface area contributed by atoms with E-state index in [-0.39, 0.29) is 5.56 Å². The number of nitrogens with zero attached hydrogens (tertiary/aromatic N) is 3. The zero-order valence-electron chi connectivity index (χ0n) is 8.81. The summed E-state index contributed by atoms with van der Waals surface area (Å²) in [5, 5.41) is 0.547. The highest BCUT2D eigenvalue weighted by molar-refractivity contribution is 5.77. The van der Waals surface area contributed by atoms with Crippen molar-refractivity contribution < 1.29 is 0 Å². The molecule has 1 aliphatic rings. The summed E-state index contributed by atoms with van der Waals surface area (Å²) in [7, 11) is 0. The number of aromatic nitrogens is 3. The van der Waals surface area contributed by atoms with Crippen LogP contribution in [0.25, 0.3) is 10.9 Å². The minimum atomic E-state index is -0.134. The quantitative estimate of drug-likeness (QED) is 0.770. The van der Waals surface area contributed by atoms with Crippen molar-refractivity contribution >= 4 is 16.9 Å². The van der Waals surface area contributed by atoms with Crippen LogP contribution >= 0.6 is 0 Å². The van der Waals surface area contributed by atoms with Gasteiger partial charge in [0.15, 0.2) is 0 Å². The summed E-state index contributed by atoms with van der Waals surface area (Å²) in [5.41, 5.74) is 0.575. The van der Waals surface area contributed by atoms with Gasteiger partial charge in [0.25, 0.3) is 5.56 Å². The van der Waals surface area contributed by atoms with Gasteiger partial charge in [0.1, 0.15) is 0 Å². The molecule has 1 saturated heterocycles. The number of H-pyrrole nitrogens is 1. The van der Waals surface area contributed by atoms with E-state index in [2.05, 4.69) is 19.9 Å². The maximum absolute atomic E-state index is 11.5. The monoisotopic (exact) mass is 216 g/mol. The van der Waals surface area contributed by atoms with Gasteiger partial charge < -0.3 is 9.88 Å². The molecular weight excluding hydrogens is 204 g/mol. The van der Waals surface area contributed by atoms with Gasteiger partial charge in [-0.2, -0.15) is 0 Å². The number of aromatic amines is 1. The standard InChI is InChI=1S/C11H12N4O/c16-10-8-7-13-11(15-5-1-2-6-15)14-9(8)3-4-12-10/h3-4,7H,1-2,5-6H2,(H,12,16). The topological polar surface area (TPSA) is 61.9 Å². The number of hydrogen-bond donors (Lipinski definition) is 1. The molecule has 82 valence electrons. The Labute approximate surface area is 92.1 Å². The molecule has 0 aliphatic carbocycles. The summed E-state index contributed by atoms with van der Waals surface area (Å²) < 4.78 is 0. The van der Waals surface area contributed by atoms with Crippen LogP contribution in [0.2, 0.25) is 0 Å². The first kappa shape index (κ1) is 9.33. The Hall–Kier alpha value is -1.91. The molecule has 16 heavy (non-hydrogen) atoms. The first-order valence-corrected chi connectivity index (χ1v) is 5.44. The average Bonchev–Trinajstić information content (AvgIpc) is 2.82. The van der Waals surface area contributed by atoms with E-state index < -0.39 is 0 Å². The van der Waals surface area contributed by atoms with Crippen molar-refractivity contribution in [1.82, 2.24) is 15.0 Å². The van der Waals surface area contributed by atoms with E-state index in [1.165, 1.54) is 12.8 Å². The zero-order chi connectivity index (χ0) is 11.0. The number of rotatable bonds is 1. The number of fused-ring (bicyclic) bond motifs is 1. The molecule has 0 saturated carbocycles. The Morgan fingerprint density at radius 2 is 2.12 bits per heavy atom. The highest BCUT2D eigenvalue weighted by atomic mass is 16.1. The van der Waals surface area contributed by atoms with Gasteiger partial charge in [0.05, 0.1) is 10.9 Å². The van der Waals surface area contributed by atoms with Gasteiger partial charge >= 0.3 is 0 Å². The molecule has 2 aromatic rings. The average molecular weight is 216 g/mol. The first-order chi connectivity index (χ1) is 7.84. The molecule has 0 bridgehead atoms. The lowest BCUT2D eigenvalue weighted by atomic mass is 10.3. The van der Waals surface area contributed by atoms with E-state index in [1.807, 2.05) is 0 Å². The van der Waals surface area contributed by atoms with Crippen molar-refractivity contribution in [3.8, 4) is 0 Å². The molecule has 5 heteroatoms. The van der Waals surface area contributed by atoms with Gasteiger partial charge in [-0.3, -0.25) is 4.79 Å². The number of hydrogen-bond acceptors (Lipinski definition) is 4. The van der Waals surface area contributed by atoms with Crippen molar-refractivity contribution in [3.63, 3.8) is 0 Å². The molecule has 1 aliphatic heterocycles. The van der Waals surface area contributed by atoms with E-state index >= 15 is 0 Å². The fraction of sp³-hybridized carbons (Fsp3) is 0.364. The Kier molecular flexibility index (Phi) is 2.09. The summed E-state index contributed by atoms with van der Waals surface area (Å²) in [6, 6.07) is 1.80. The van der Waals surface area contributed by atoms with Crippen LogP contribution in [0.15, 0.2) is 23.3 Å². The van der Waals surface area contributed by atoms with Crippen LogP contribution in [-0.2, 0) is 0 Å². The van der Waals surface area contributed by atoms with Gasteiger partial charge in [-0.05, 0) is 18.9 Å². The van der Waals surface area contributed by atoms with E-state index in [0.29, 0.717) is 10.9 Å². The molecule has 3 rings (SSSR count). The van der Waals surface area contributed by atoms with Crippen molar-refractivity contribution in [2.75, 3.05) is 18.0 Å². The van der Waals surface area contributed by atoms with Gasteiger partial charge in [-0.25, -0.2) is 9.97 Å². The van der Waals surface area contributed by atoms with Gasteiger partial charge in [-0.15, -0.1) is 0 Å². The molecule has 5 nitrogen and oxygen atoms in total. The molecule has 3 heterocycles. The summed E-state index contributed by atoms with van der Waals surface area (Å²) >= 11 is 0. The molecule has 0 unspecified atom stereocenters. The van der Waals surface area contributed by atoms with Crippen LogP contribution in [0.3, 0.4) is 0 Å². The second-order valence-corrected chi connectivity index (χ2v) is 3.97. The van der Waals surface area contributed by atoms with E-state index in [0.717, 1.165) is 19.0 Å². The maximum atomic E-state index is 11.5. The molecule has 2 aromatic heterocycles. The largest absolute Gasteiger partial charge is 0.341 e. The van der Waals surface area contributed by atoms with E-state index in [1.54, 1.807) is 18.5 Å². The smallest absolute Gasteiger partial charge is 0.258 e. The lowest BCUT2D eigenvalue weighted by Crippen LogP contribution is -2.20. The lowest BCUT2D eigenvalue weighted by molar-refractivity contribution is 0.906. The first-order valence-electron chi connectivity index (χ1n) is 5.44. The second-order valence-electron chi connectivity index (χ2n) is 3.97. The fourth-order valence-electron chi connectivity index (χ4n) is 2.03. The van der Waals surface area contributed by atoms with Crippen LogP contribution in [0.1, 0.15) is 12.8 Å². The molecule has 1 N–H and O–H groups in total. The Balaban J connectivity index is 2.12. The van der Waals surface area contributed by atoms with E-state index in [9.17, 15) is 4.79 Å². The number of nitrogens with one attached hydrogen (secondary N) is 1. The number of anilines is 1. The van der Waals surface area contributed by atoms with Crippen molar-refractivity contribution in [2.24, 2.45) is 0 Å². The minimum Gasteiger partial charge on any atom is -0.341 e. The van der Waals surface area contributed by atoms with E-state index in [4.69, 9.17) is 0 Å². The van der Waals surface area contributed by atoms with Crippen molar-refractivity contribution in [2.45, 2.75) is 12.8 Å². The maximum Gasteiger partial charge on any atom is 0.258 e. The molecule has 0 spiro atoms. The minimum absolute atomic E-state index is 0.134. The Morgan fingerprint density at radius 3 is 2.94 bits per heavy atom.